The lowest BCUT2D eigenvalue weighted by Crippen LogP contribution is -1.98. The molecule has 0 spiro atoms. The van der Waals surface area contributed by atoms with E-state index in [1.807, 2.05) is 12.1 Å². The Hall–Kier alpha value is -1.18. The Balaban J connectivity index is 2.21. The molecule has 0 radical (unpaired) electrons. The maximum absolute atomic E-state index is 5.66. The van der Waals surface area contributed by atoms with Gasteiger partial charge in [-0.25, -0.2) is 0 Å². The SMILES string of the molecule is CCCCCCOc1ccc(NCC)cc1. The summed E-state index contributed by atoms with van der Waals surface area (Å²) in [5, 5.41) is 3.26. The van der Waals surface area contributed by atoms with Crippen LogP contribution >= 0.6 is 0 Å². The second-order valence-electron chi connectivity index (χ2n) is 3.96. The van der Waals surface area contributed by atoms with Gasteiger partial charge in [-0.1, -0.05) is 26.2 Å². The third-order valence-corrected chi connectivity index (χ3v) is 2.50. The summed E-state index contributed by atoms with van der Waals surface area (Å²) in [6, 6.07) is 8.17. The number of rotatable bonds is 8. The molecule has 16 heavy (non-hydrogen) atoms. The maximum atomic E-state index is 5.66. The normalized spacial score (nSPS) is 10.1. The minimum atomic E-state index is 0.834. The van der Waals surface area contributed by atoms with E-state index in [1.165, 1.54) is 19.3 Å². The molecule has 1 aromatic carbocycles. The van der Waals surface area contributed by atoms with E-state index in [2.05, 4.69) is 31.3 Å². The van der Waals surface area contributed by atoms with Crippen molar-refractivity contribution in [3.05, 3.63) is 24.3 Å². The Labute approximate surface area is 99.0 Å². The summed E-state index contributed by atoms with van der Waals surface area (Å²) in [4.78, 5) is 0. The van der Waals surface area contributed by atoms with Gasteiger partial charge in [0.1, 0.15) is 5.75 Å². The van der Waals surface area contributed by atoms with Crippen LogP contribution < -0.4 is 10.1 Å². The van der Waals surface area contributed by atoms with Crippen LogP contribution in [0.15, 0.2) is 24.3 Å². The van der Waals surface area contributed by atoms with Gasteiger partial charge in [-0.2, -0.15) is 0 Å². The summed E-state index contributed by atoms with van der Waals surface area (Å²) in [6.45, 7) is 6.11. The molecule has 1 N–H and O–H groups in total. The van der Waals surface area contributed by atoms with Gasteiger partial charge in [0, 0.05) is 12.2 Å². The average Bonchev–Trinajstić information content (AvgIpc) is 2.31. The van der Waals surface area contributed by atoms with Crippen LogP contribution in [0, 0.1) is 0 Å². The molecule has 2 nitrogen and oxygen atoms in total. The number of nitrogens with one attached hydrogen (secondary N) is 1. The van der Waals surface area contributed by atoms with Crippen LogP contribution in [0.5, 0.6) is 5.75 Å². The van der Waals surface area contributed by atoms with Crippen molar-refractivity contribution in [1.82, 2.24) is 0 Å². The number of hydrogen-bond donors (Lipinski definition) is 1. The number of ether oxygens (including phenoxy) is 1. The molecule has 0 aliphatic rings. The lowest BCUT2D eigenvalue weighted by molar-refractivity contribution is 0.305. The summed E-state index contributed by atoms with van der Waals surface area (Å²) >= 11 is 0. The van der Waals surface area contributed by atoms with Gasteiger partial charge in [0.15, 0.2) is 0 Å². The first-order valence-corrected chi connectivity index (χ1v) is 6.33. The lowest BCUT2D eigenvalue weighted by atomic mass is 10.2. The topological polar surface area (TPSA) is 21.3 Å². The minimum absolute atomic E-state index is 0.834. The Bertz CT molecular complexity index is 269. The van der Waals surface area contributed by atoms with Crippen LogP contribution in [0.3, 0.4) is 0 Å². The van der Waals surface area contributed by atoms with Crippen molar-refractivity contribution in [2.45, 2.75) is 39.5 Å². The molecule has 0 aliphatic heterocycles. The second-order valence-corrected chi connectivity index (χ2v) is 3.96. The summed E-state index contributed by atoms with van der Waals surface area (Å²) in [5.74, 6) is 0.971. The molecule has 0 fully saturated rings. The summed E-state index contributed by atoms with van der Waals surface area (Å²) in [6.07, 6.45) is 5.01. The highest BCUT2D eigenvalue weighted by molar-refractivity contribution is 5.46. The van der Waals surface area contributed by atoms with Gasteiger partial charge in [-0.15, -0.1) is 0 Å². The van der Waals surface area contributed by atoms with Crippen molar-refractivity contribution >= 4 is 5.69 Å². The lowest BCUT2D eigenvalue weighted by Gasteiger charge is -2.07. The maximum Gasteiger partial charge on any atom is 0.119 e. The first-order chi connectivity index (χ1) is 7.86. The quantitative estimate of drug-likeness (QED) is 0.668. The van der Waals surface area contributed by atoms with E-state index in [9.17, 15) is 0 Å². The zero-order valence-corrected chi connectivity index (χ0v) is 10.5. The number of anilines is 1. The highest BCUT2D eigenvalue weighted by Crippen LogP contribution is 2.15. The largest absolute Gasteiger partial charge is 0.494 e. The van der Waals surface area contributed by atoms with Crippen molar-refractivity contribution in [3.8, 4) is 5.75 Å². The Morgan fingerprint density at radius 1 is 1.00 bits per heavy atom. The van der Waals surface area contributed by atoms with Gasteiger partial charge >= 0.3 is 0 Å². The van der Waals surface area contributed by atoms with Crippen molar-refractivity contribution in [1.29, 1.82) is 0 Å². The zero-order chi connectivity index (χ0) is 11.6. The minimum Gasteiger partial charge on any atom is -0.494 e. The first kappa shape index (κ1) is 12.9. The number of hydrogen-bond acceptors (Lipinski definition) is 2. The number of benzene rings is 1. The van der Waals surface area contributed by atoms with E-state index < -0.39 is 0 Å². The van der Waals surface area contributed by atoms with E-state index in [-0.39, 0.29) is 0 Å². The molecule has 1 rings (SSSR count). The van der Waals surface area contributed by atoms with Crippen molar-refractivity contribution in [2.24, 2.45) is 0 Å². The van der Waals surface area contributed by atoms with E-state index >= 15 is 0 Å². The van der Waals surface area contributed by atoms with Crippen LogP contribution in [-0.4, -0.2) is 13.2 Å². The summed E-state index contributed by atoms with van der Waals surface area (Å²) in [7, 11) is 0. The van der Waals surface area contributed by atoms with Crippen molar-refractivity contribution in [2.75, 3.05) is 18.5 Å². The fourth-order valence-corrected chi connectivity index (χ4v) is 1.59. The summed E-state index contributed by atoms with van der Waals surface area (Å²) < 4.78 is 5.66. The molecular weight excluding hydrogens is 198 g/mol. The van der Waals surface area contributed by atoms with Crippen LogP contribution in [-0.2, 0) is 0 Å². The summed E-state index contributed by atoms with van der Waals surface area (Å²) in [5.41, 5.74) is 1.15. The molecule has 2 heteroatoms. The molecule has 0 atom stereocenters. The second kappa shape index (κ2) is 8.03. The highest BCUT2D eigenvalue weighted by atomic mass is 16.5. The van der Waals surface area contributed by atoms with Gasteiger partial charge in [-0.05, 0) is 37.6 Å². The monoisotopic (exact) mass is 221 g/mol. The van der Waals surface area contributed by atoms with Gasteiger partial charge < -0.3 is 10.1 Å². The molecule has 0 saturated carbocycles. The average molecular weight is 221 g/mol. The highest BCUT2D eigenvalue weighted by Gasteiger charge is 1.94. The Morgan fingerprint density at radius 3 is 2.38 bits per heavy atom. The molecule has 0 saturated heterocycles. The molecule has 0 aliphatic carbocycles. The zero-order valence-electron chi connectivity index (χ0n) is 10.5. The third-order valence-electron chi connectivity index (χ3n) is 2.50. The predicted octanol–water partition coefficient (Wildman–Crippen LogP) is 4.08. The fraction of sp³-hybridized carbons (Fsp3) is 0.571. The van der Waals surface area contributed by atoms with Crippen molar-refractivity contribution < 1.29 is 4.74 Å². The predicted molar refractivity (Wildman–Crippen MR) is 70.2 cm³/mol. The van der Waals surface area contributed by atoms with E-state index in [1.54, 1.807) is 0 Å². The van der Waals surface area contributed by atoms with Gasteiger partial charge in [0.05, 0.1) is 6.61 Å². The van der Waals surface area contributed by atoms with Crippen LogP contribution in [0.1, 0.15) is 39.5 Å². The Morgan fingerprint density at radius 2 is 1.75 bits per heavy atom. The van der Waals surface area contributed by atoms with Gasteiger partial charge in [-0.3, -0.25) is 0 Å². The number of unbranched alkanes of at least 4 members (excludes halogenated alkanes) is 3. The standard InChI is InChI=1S/C14H23NO/c1-3-5-6-7-12-16-14-10-8-13(9-11-14)15-4-2/h8-11,15H,3-7,12H2,1-2H3. The van der Waals surface area contributed by atoms with E-state index in [0.717, 1.165) is 31.0 Å². The Kier molecular flexibility index (Phi) is 6.47. The molecule has 0 amide bonds. The van der Waals surface area contributed by atoms with E-state index in [4.69, 9.17) is 4.74 Å². The van der Waals surface area contributed by atoms with Crippen LogP contribution in [0.2, 0.25) is 0 Å². The molecule has 0 aromatic heterocycles. The molecule has 90 valence electrons. The molecule has 0 bridgehead atoms. The van der Waals surface area contributed by atoms with Gasteiger partial charge in [0.25, 0.3) is 0 Å². The smallest absolute Gasteiger partial charge is 0.119 e. The van der Waals surface area contributed by atoms with Crippen molar-refractivity contribution in [3.63, 3.8) is 0 Å². The third kappa shape index (κ3) is 5.06. The molecule has 1 aromatic rings. The molecule has 0 heterocycles. The fourth-order valence-electron chi connectivity index (χ4n) is 1.59. The molecular formula is C14H23NO. The van der Waals surface area contributed by atoms with Gasteiger partial charge in [0.2, 0.25) is 0 Å². The van der Waals surface area contributed by atoms with E-state index in [0.29, 0.717) is 0 Å². The molecule has 0 unspecified atom stereocenters. The van der Waals surface area contributed by atoms with Crippen LogP contribution in [0.25, 0.3) is 0 Å². The van der Waals surface area contributed by atoms with Crippen LogP contribution in [0.4, 0.5) is 5.69 Å². The first-order valence-electron chi connectivity index (χ1n) is 6.33.